The van der Waals surface area contributed by atoms with E-state index in [1.165, 1.54) is 0 Å². The van der Waals surface area contributed by atoms with Gasteiger partial charge >= 0.3 is 5.97 Å². The first kappa shape index (κ1) is 13.1. The van der Waals surface area contributed by atoms with E-state index in [2.05, 4.69) is 12.2 Å². The highest BCUT2D eigenvalue weighted by atomic mass is 16.5. The number of amides is 1. The molecule has 1 atom stereocenters. The number of allylic oxidation sites excluding steroid dienone is 2. The fourth-order valence-corrected chi connectivity index (χ4v) is 2.36. The lowest BCUT2D eigenvalue weighted by molar-refractivity contribution is -0.149. The predicted molar refractivity (Wildman–Crippen MR) is 67.8 cm³/mol. The highest BCUT2D eigenvalue weighted by Gasteiger charge is 2.34. The topological polar surface area (TPSA) is 46.6 Å². The van der Waals surface area contributed by atoms with Crippen LogP contribution in [0.2, 0.25) is 0 Å². The standard InChI is InChI=1S/C14H21NO3/c1-2-18-14(17)10-15(12-7-8-12)13(16)9-11-5-3-4-6-11/h3,5,11-12H,2,4,6-10H2,1H3. The number of carbonyl (C=O) groups is 2. The summed E-state index contributed by atoms with van der Waals surface area (Å²) in [7, 11) is 0. The summed E-state index contributed by atoms with van der Waals surface area (Å²) in [6, 6.07) is 0.271. The zero-order valence-corrected chi connectivity index (χ0v) is 10.9. The molecule has 18 heavy (non-hydrogen) atoms. The second-order valence-corrected chi connectivity index (χ2v) is 5.03. The van der Waals surface area contributed by atoms with E-state index < -0.39 is 0 Å². The Balaban J connectivity index is 1.86. The third-order valence-corrected chi connectivity index (χ3v) is 3.46. The summed E-state index contributed by atoms with van der Waals surface area (Å²) < 4.78 is 4.92. The summed E-state index contributed by atoms with van der Waals surface area (Å²) in [6.07, 6.45) is 8.95. The maximum Gasteiger partial charge on any atom is 0.325 e. The van der Waals surface area contributed by atoms with Crippen LogP contribution in [0.3, 0.4) is 0 Å². The molecule has 100 valence electrons. The van der Waals surface area contributed by atoms with Crippen LogP contribution in [0.15, 0.2) is 12.2 Å². The molecule has 0 radical (unpaired) electrons. The third-order valence-electron chi connectivity index (χ3n) is 3.46. The van der Waals surface area contributed by atoms with Gasteiger partial charge in [-0.15, -0.1) is 0 Å². The third kappa shape index (κ3) is 3.59. The van der Waals surface area contributed by atoms with Crippen molar-refractivity contribution in [3.63, 3.8) is 0 Å². The molecule has 2 rings (SSSR count). The SMILES string of the molecule is CCOC(=O)CN(C(=O)CC1C=CCC1)C1CC1. The van der Waals surface area contributed by atoms with E-state index in [0.29, 0.717) is 18.9 Å². The van der Waals surface area contributed by atoms with Gasteiger partial charge in [0.15, 0.2) is 0 Å². The van der Waals surface area contributed by atoms with Crippen LogP contribution in [0.25, 0.3) is 0 Å². The van der Waals surface area contributed by atoms with Crippen molar-refractivity contribution in [3.05, 3.63) is 12.2 Å². The molecule has 0 aromatic rings. The lowest BCUT2D eigenvalue weighted by Crippen LogP contribution is -2.38. The molecule has 0 heterocycles. The zero-order valence-electron chi connectivity index (χ0n) is 10.9. The molecule has 1 unspecified atom stereocenters. The molecule has 4 nitrogen and oxygen atoms in total. The van der Waals surface area contributed by atoms with Crippen LogP contribution < -0.4 is 0 Å². The molecule has 0 aliphatic heterocycles. The van der Waals surface area contributed by atoms with E-state index >= 15 is 0 Å². The number of ether oxygens (including phenoxy) is 1. The average molecular weight is 251 g/mol. The number of nitrogens with zero attached hydrogens (tertiary/aromatic N) is 1. The molecule has 0 saturated heterocycles. The second-order valence-electron chi connectivity index (χ2n) is 5.03. The fraction of sp³-hybridized carbons (Fsp3) is 0.714. The first-order chi connectivity index (χ1) is 8.70. The van der Waals surface area contributed by atoms with Crippen LogP contribution in [0.5, 0.6) is 0 Å². The minimum Gasteiger partial charge on any atom is -0.465 e. The molecule has 1 saturated carbocycles. The minimum absolute atomic E-state index is 0.0992. The monoisotopic (exact) mass is 251 g/mol. The molecule has 1 amide bonds. The molecule has 0 spiro atoms. The molecule has 1 fully saturated rings. The van der Waals surface area contributed by atoms with Crippen LogP contribution >= 0.6 is 0 Å². The van der Waals surface area contributed by atoms with Gasteiger partial charge in [0.05, 0.1) is 6.61 Å². The quantitative estimate of drug-likeness (QED) is 0.535. The summed E-state index contributed by atoms with van der Waals surface area (Å²) in [5.74, 6) is 0.169. The Morgan fingerprint density at radius 2 is 2.11 bits per heavy atom. The van der Waals surface area contributed by atoms with Crippen LogP contribution in [0.4, 0.5) is 0 Å². The maximum atomic E-state index is 12.2. The first-order valence-electron chi connectivity index (χ1n) is 6.82. The largest absolute Gasteiger partial charge is 0.465 e. The van der Waals surface area contributed by atoms with E-state index in [4.69, 9.17) is 4.74 Å². The normalized spacial score (nSPS) is 21.9. The van der Waals surface area contributed by atoms with Crippen LogP contribution in [0.1, 0.15) is 39.0 Å². The van der Waals surface area contributed by atoms with Gasteiger partial charge in [-0.05, 0) is 38.5 Å². The van der Waals surface area contributed by atoms with Crippen molar-refractivity contribution < 1.29 is 14.3 Å². The summed E-state index contributed by atoms with van der Waals surface area (Å²) in [4.78, 5) is 25.4. The van der Waals surface area contributed by atoms with Gasteiger partial charge in [0.2, 0.25) is 5.91 Å². The van der Waals surface area contributed by atoms with Gasteiger partial charge in [-0.2, -0.15) is 0 Å². The van der Waals surface area contributed by atoms with Gasteiger partial charge < -0.3 is 9.64 Å². The van der Waals surface area contributed by atoms with Crippen molar-refractivity contribution in [1.82, 2.24) is 4.90 Å². The van der Waals surface area contributed by atoms with Gasteiger partial charge in [0.25, 0.3) is 0 Å². The summed E-state index contributed by atoms with van der Waals surface area (Å²) in [6.45, 7) is 2.27. The van der Waals surface area contributed by atoms with Gasteiger partial charge in [-0.25, -0.2) is 0 Å². The summed E-state index contributed by atoms with van der Waals surface area (Å²) in [5.41, 5.74) is 0. The highest BCUT2D eigenvalue weighted by Crippen LogP contribution is 2.29. The van der Waals surface area contributed by atoms with Gasteiger partial charge in [0, 0.05) is 12.5 Å². The zero-order chi connectivity index (χ0) is 13.0. The number of rotatable bonds is 6. The molecule has 4 heteroatoms. The molecular weight excluding hydrogens is 230 g/mol. The summed E-state index contributed by atoms with van der Waals surface area (Å²) in [5, 5.41) is 0. The Hall–Kier alpha value is -1.32. The molecule has 0 bridgehead atoms. The number of carbonyl (C=O) groups excluding carboxylic acids is 2. The Morgan fingerprint density at radius 1 is 1.33 bits per heavy atom. The highest BCUT2D eigenvalue weighted by molar-refractivity contribution is 5.83. The lowest BCUT2D eigenvalue weighted by Gasteiger charge is -2.22. The Labute approximate surface area is 108 Å². The first-order valence-corrected chi connectivity index (χ1v) is 6.82. The van der Waals surface area contributed by atoms with E-state index in [0.717, 1.165) is 25.7 Å². The number of esters is 1. The maximum absolute atomic E-state index is 12.2. The summed E-state index contributed by atoms with van der Waals surface area (Å²) >= 11 is 0. The Morgan fingerprint density at radius 3 is 2.67 bits per heavy atom. The van der Waals surface area contributed by atoms with Crippen LogP contribution in [0, 0.1) is 5.92 Å². The van der Waals surface area contributed by atoms with E-state index in [-0.39, 0.29) is 24.5 Å². The van der Waals surface area contributed by atoms with Gasteiger partial charge in [-0.3, -0.25) is 9.59 Å². The van der Waals surface area contributed by atoms with Crippen LogP contribution in [-0.4, -0.2) is 36.0 Å². The Bertz CT molecular complexity index is 347. The predicted octanol–water partition coefficient (Wildman–Crippen LogP) is 1.90. The number of hydrogen-bond acceptors (Lipinski definition) is 3. The van der Waals surface area contributed by atoms with Crippen molar-refractivity contribution in [2.75, 3.05) is 13.2 Å². The van der Waals surface area contributed by atoms with Crippen molar-refractivity contribution in [2.24, 2.45) is 5.92 Å². The van der Waals surface area contributed by atoms with Crippen molar-refractivity contribution in [2.45, 2.75) is 45.1 Å². The molecule has 0 N–H and O–H groups in total. The van der Waals surface area contributed by atoms with Gasteiger partial charge in [0.1, 0.15) is 6.54 Å². The second kappa shape index (κ2) is 6.03. The van der Waals surface area contributed by atoms with Crippen LogP contribution in [-0.2, 0) is 14.3 Å². The molecule has 0 aromatic heterocycles. The molecule has 2 aliphatic rings. The van der Waals surface area contributed by atoms with Crippen molar-refractivity contribution in [1.29, 1.82) is 0 Å². The van der Waals surface area contributed by atoms with Crippen molar-refractivity contribution >= 4 is 11.9 Å². The van der Waals surface area contributed by atoms with E-state index in [1.54, 1.807) is 11.8 Å². The van der Waals surface area contributed by atoms with E-state index in [9.17, 15) is 9.59 Å². The fourth-order valence-electron chi connectivity index (χ4n) is 2.36. The number of hydrogen-bond donors (Lipinski definition) is 0. The molecule has 0 aromatic carbocycles. The molecule has 2 aliphatic carbocycles. The van der Waals surface area contributed by atoms with Crippen molar-refractivity contribution in [3.8, 4) is 0 Å². The Kier molecular flexibility index (Phi) is 4.39. The van der Waals surface area contributed by atoms with E-state index in [1.807, 2.05) is 0 Å². The minimum atomic E-state index is -0.292. The smallest absolute Gasteiger partial charge is 0.325 e. The lowest BCUT2D eigenvalue weighted by atomic mass is 10.0. The molecular formula is C14H21NO3. The average Bonchev–Trinajstić information content (AvgIpc) is 3.05. The van der Waals surface area contributed by atoms with Gasteiger partial charge in [-0.1, -0.05) is 12.2 Å².